The summed E-state index contributed by atoms with van der Waals surface area (Å²) < 4.78 is 5.77. The molecule has 0 spiro atoms. The van der Waals surface area contributed by atoms with Crippen molar-refractivity contribution in [3.8, 4) is 5.75 Å². The predicted molar refractivity (Wildman–Crippen MR) is 133 cm³/mol. The highest BCUT2D eigenvalue weighted by molar-refractivity contribution is 5.96. The second kappa shape index (κ2) is 10.7. The summed E-state index contributed by atoms with van der Waals surface area (Å²) in [4.78, 5) is 24.9. The van der Waals surface area contributed by atoms with Crippen molar-refractivity contribution < 1.29 is 19.4 Å². The van der Waals surface area contributed by atoms with Crippen LogP contribution in [-0.4, -0.2) is 29.1 Å². The van der Waals surface area contributed by atoms with E-state index in [4.69, 9.17) is 4.74 Å². The van der Waals surface area contributed by atoms with Gasteiger partial charge >= 0.3 is 5.97 Å². The van der Waals surface area contributed by atoms with Crippen molar-refractivity contribution in [2.75, 3.05) is 11.9 Å². The molecule has 1 unspecified atom stereocenters. The molecule has 4 rings (SSSR count). The number of amides is 1. The first kappa shape index (κ1) is 24.4. The zero-order valence-electron chi connectivity index (χ0n) is 20.2. The Bertz CT molecular complexity index is 1010. The van der Waals surface area contributed by atoms with Crippen molar-refractivity contribution >= 4 is 17.6 Å². The third-order valence-corrected chi connectivity index (χ3v) is 6.95. The van der Waals surface area contributed by atoms with Crippen LogP contribution in [0.5, 0.6) is 5.75 Å². The minimum atomic E-state index is -0.748. The minimum absolute atomic E-state index is 0.0787. The normalized spacial score (nSPS) is 17.6. The van der Waals surface area contributed by atoms with Crippen LogP contribution in [0.1, 0.15) is 75.2 Å². The van der Waals surface area contributed by atoms with E-state index in [1.807, 2.05) is 24.3 Å². The van der Waals surface area contributed by atoms with Gasteiger partial charge in [0.25, 0.3) is 0 Å². The molecular weight excluding hydrogens is 428 g/mol. The van der Waals surface area contributed by atoms with Crippen LogP contribution in [0.3, 0.4) is 0 Å². The molecule has 34 heavy (non-hydrogen) atoms. The monoisotopic (exact) mass is 464 g/mol. The van der Waals surface area contributed by atoms with Crippen molar-refractivity contribution in [2.24, 2.45) is 5.92 Å². The highest BCUT2D eigenvalue weighted by Crippen LogP contribution is 2.38. The van der Waals surface area contributed by atoms with E-state index in [0.717, 1.165) is 49.7 Å². The van der Waals surface area contributed by atoms with Gasteiger partial charge in [0.2, 0.25) is 5.91 Å². The van der Waals surface area contributed by atoms with Gasteiger partial charge in [0.1, 0.15) is 0 Å². The number of hydrogen-bond donors (Lipinski definition) is 3. The molecule has 6 heteroatoms. The van der Waals surface area contributed by atoms with Gasteiger partial charge in [-0.15, -0.1) is 0 Å². The van der Waals surface area contributed by atoms with Crippen LogP contribution in [-0.2, 0) is 22.4 Å². The first-order valence-corrected chi connectivity index (χ1v) is 12.5. The van der Waals surface area contributed by atoms with Crippen LogP contribution in [0.25, 0.3) is 0 Å². The van der Waals surface area contributed by atoms with Gasteiger partial charge in [-0.25, -0.2) is 0 Å². The van der Waals surface area contributed by atoms with Gasteiger partial charge in [0, 0.05) is 18.5 Å². The molecule has 1 saturated carbocycles. The van der Waals surface area contributed by atoms with E-state index >= 15 is 0 Å². The Kier molecular flexibility index (Phi) is 7.69. The van der Waals surface area contributed by atoms with Crippen LogP contribution in [0.4, 0.5) is 5.69 Å². The first-order valence-electron chi connectivity index (χ1n) is 12.5. The zero-order chi connectivity index (χ0) is 24.1. The Hall–Kier alpha value is -2.70. The van der Waals surface area contributed by atoms with Crippen molar-refractivity contribution in [1.82, 2.24) is 5.32 Å². The van der Waals surface area contributed by atoms with Crippen molar-refractivity contribution in [2.45, 2.75) is 76.9 Å². The maximum Gasteiger partial charge on any atom is 0.314 e. The number of fused-ring (bicyclic) bond motifs is 1. The van der Waals surface area contributed by atoms with Crippen LogP contribution in [0.2, 0.25) is 0 Å². The second-order valence-corrected chi connectivity index (χ2v) is 10.3. The SMILES string of the molecule is CC(C)(Cc1ccccc1)NCC(O)c1ccc(OC(=O)C2CCCCC2)c2c1CCC(=O)N2. The Labute approximate surface area is 202 Å². The fourth-order valence-corrected chi connectivity index (χ4v) is 5.07. The molecule has 0 saturated heterocycles. The summed E-state index contributed by atoms with van der Waals surface area (Å²) in [6, 6.07) is 13.8. The molecule has 2 aliphatic rings. The van der Waals surface area contributed by atoms with Crippen LogP contribution < -0.4 is 15.4 Å². The van der Waals surface area contributed by atoms with Crippen LogP contribution >= 0.6 is 0 Å². The Morgan fingerprint density at radius 2 is 1.85 bits per heavy atom. The highest BCUT2D eigenvalue weighted by Gasteiger charge is 2.29. The van der Waals surface area contributed by atoms with E-state index in [1.165, 1.54) is 5.56 Å². The van der Waals surface area contributed by atoms with Crippen LogP contribution in [0, 0.1) is 5.92 Å². The molecule has 1 aliphatic carbocycles. The summed E-state index contributed by atoms with van der Waals surface area (Å²) in [6.45, 7) is 4.62. The molecule has 3 N–H and O–H groups in total. The maximum absolute atomic E-state index is 12.7. The molecule has 0 aromatic heterocycles. The number of carbonyl (C=O) groups excluding carboxylic acids is 2. The van der Waals surface area contributed by atoms with E-state index in [0.29, 0.717) is 30.8 Å². The summed E-state index contributed by atoms with van der Waals surface area (Å²) >= 11 is 0. The second-order valence-electron chi connectivity index (χ2n) is 10.3. The van der Waals surface area contributed by atoms with Gasteiger partial charge in [-0.3, -0.25) is 9.59 Å². The zero-order valence-corrected chi connectivity index (χ0v) is 20.2. The van der Waals surface area contributed by atoms with Crippen molar-refractivity contribution in [1.29, 1.82) is 0 Å². The summed E-state index contributed by atoms with van der Waals surface area (Å²) in [5.41, 5.74) is 3.17. The minimum Gasteiger partial charge on any atom is -0.424 e. The van der Waals surface area contributed by atoms with Crippen molar-refractivity contribution in [3.63, 3.8) is 0 Å². The summed E-state index contributed by atoms with van der Waals surface area (Å²) in [5, 5.41) is 17.4. The number of ether oxygens (including phenoxy) is 1. The summed E-state index contributed by atoms with van der Waals surface area (Å²) in [5.74, 6) is -0.0208. The highest BCUT2D eigenvalue weighted by atomic mass is 16.5. The quantitative estimate of drug-likeness (QED) is 0.389. The van der Waals surface area contributed by atoms with Crippen LogP contribution in [0.15, 0.2) is 42.5 Å². The third-order valence-electron chi connectivity index (χ3n) is 6.95. The molecule has 182 valence electrons. The molecule has 6 nitrogen and oxygen atoms in total. The molecule has 2 aromatic rings. The number of aliphatic hydroxyl groups is 1. The molecular formula is C28H36N2O4. The van der Waals surface area contributed by atoms with Gasteiger partial charge in [-0.05, 0) is 62.3 Å². The fraction of sp³-hybridized carbons (Fsp3) is 0.500. The lowest BCUT2D eigenvalue weighted by atomic mass is 9.89. The summed E-state index contributed by atoms with van der Waals surface area (Å²) in [6.07, 6.45) is 5.92. The number of carbonyl (C=O) groups is 2. The van der Waals surface area contributed by atoms with E-state index in [9.17, 15) is 14.7 Å². The number of β-amino-alcohol motifs (C(OH)–C–C–N with tert-alkyl or cyclic N) is 1. The van der Waals surface area contributed by atoms with E-state index in [1.54, 1.807) is 6.07 Å². The standard InChI is InChI=1S/C28H36N2O4/c1-28(2,17-19-9-5-3-6-10-19)29-18-23(31)21-13-15-24(26-22(21)14-16-25(32)30-26)34-27(33)20-11-7-4-8-12-20/h3,5-6,9-10,13,15,20,23,29,31H,4,7-8,11-12,14,16-18H2,1-2H3,(H,30,32). The number of aliphatic hydroxyl groups excluding tert-OH is 1. The van der Waals surface area contributed by atoms with E-state index in [-0.39, 0.29) is 23.3 Å². The number of esters is 1. The topological polar surface area (TPSA) is 87.7 Å². The van der Waals surface area contributed by atoms with Gasteiger partial charge in [-0.2, -0.15) is 0 Å². The Morgan fingerprint density at radius 1 is 1.12 bits per heavy atom. The third kappa shape index (κ3) is 6.05. The molecule has 2 aromatic carbocycles. The smallest absolute Gasteiger partial charge is 0.314 e. The average molecular weight is 465 g/mol. The lowest BCUT2D eigenvalue weighted by Crippen LogP contribution is -2.43. The van der Waals surface area contributed by atoms with Gasteiger partial charge < -0.3 is 20.5 Å². The lowest BCUT2D eigenvalue weighted by molar-refractivity contribution is -0.140. The van der Waals surface area contributed by atoms with Gasteiger partial charge in [0.15, 0.2) is 5.75 Å². The predicted octanol–water partition coefficient (Wildman–Crippen LogP) is 4.70. The largest absolute Gasteiger partial charge is 0.424 e. The molecule has 1 fully saturated rings. The molecule has 1 aliphatic heterocycles. The van der Waals surface area contributed by atoms with Gasteiger partial charge in [0.05, 0.1) is 17.7 Å². The van der Waals surface area contributed by atoms with Gasteiger partial charge in [-0.1, -0.05) is 55.7 Å². The summed E-state index contributed by atoms with van der Waals surface area (Å²) in [7, 11) is 0. The fourth-order valence-electron chi connectivity index (χ4n) is 5.07. The van der Waals surface area contributed by atoms with Crippen molar-refractivity contribution in [3.05, 3.63) is 59.2 Å². The molecule has 1 atom stereocenters. The molecule has 0 bridgehead atoms. The molecule has 1 amide bonds. The number of hydrogen-bond acceptors (Lipinski definition) is 5. The Morgan fingerprint density at radius 3 is 2.59 bits per heavy atom. The number of anilines is 1. The molecule has 1 heterocycles. The molecule has 0 radical (unpaired) electrons. The number of rotatable bonds is 8. The van der Waals surface area contributed by atoms with E-state index < -0.39 is 6.10 Å². The average Bonchev–Trinajstić information content (AvgIpc) is 2.83. The maximum atomic E-state index is 12.7. The number of nitrogens with one attached hydrogen (secondary N) is 2. The number of benzene rings is 2. The lowest BCUT2D eigenvalue weighted by Gasteiger charge is -2.30. The first-order chi connectivity index (χ1) is 16.3. The van der Waals surface area contributed by atoms with E-state index in [2.05, 4.69) is 36.6 Å². The Balaban J connectivity index is 1.47.